The van der Waals surface area contributed by atoms with Gasteiger partial charge in [0.05, 0.1) is 31.4 Å². The Hall–Kier alpha value is -1.60. The van der Waals surface area contributed by atoms with Crippen LogP contribution in [0.2, 0.25) is 0 Å². The summed E-state index contributed by atoms with van der Waals surface area (Å²) in [6, 6.07) is -0.776. The van der Waals surface area contributed by atoms with Crippen molar-refractivity contribution in [3.63, 3.8) is 0 Å². The molecule has 0 aromatic heterocycles. The monoisotopic (exact) mass is 301 g/mol. The first-order chi connectivity index (χ1) is 9.56. The second-order valence-corrected chi connectivity index (χ2v) is 6.05. The highest BCUT2D eigenvalue weighted by Crippen LogP contribution is 2.26. The van der Waals surface area contributed by atoms with Gasteiger partial charge in [0.25, 0.3) is 0 Å². The third-order valence-electron chi connectivity index (χ3n) is 3.12. The minimum atomic E-state index is -1.32. The van der Waals surface area contributed by atoms with Crippen molar-refractivity contribution >= 4 is 12.1 Å². The molecule has 2 N–H and O–H groups in total. The molecule has 7 heteroatoms. The number of hydrogen-bond acceptors (Lipinski definition) is 6. The zero-order chi connectivity index (χ0) is 16.4. The first-order valence-electron chi connectivity index (χ1n) is 6.69. The Morgan fingerprint density at radius 1 is 1.38 bits per heavy atom. The molecular formula is C14H23NO6. The Bertz CT molecular complexity index is 428. The third kappa shape index (κ3) is 4.44. The van der Waals surface area contributed by atoms with E-state index in [9.17, 15) is 19.8 Å². The van der Waals surface area contributed by atoms with Crippen LogP contribution in [0.4, 0.5) is 4.79 Å². The molecule has 1 aliphatic heterocycles. The fraction of sp³-hybridized carbons (Fsp3) is 0.714. The average Bonchev–Trinajstić information content (AvgIpc) is 2.76. The smallest absolute Gasteiger partial charge is 0.410 e. The molecule has 1 amide bonds. The Balaban J connectivity index is 2.86. The van der Waals surface area contributed by atoms with E-state index < -0.39 is 35.9 Å². The predicted molar refractivity (Wildman–Crippen MR) is 74.5 cm³/mol. The maximum absolute atomic E-state index is 12.1. The molecule has 0 bridgehead atoms. The summed E-state index contributed by atoms with van der Waals surface area (Å²) >= 11 is 0. The van der Waals surface area contributed by atoms with Crippen LogP contribution in [0.3, 0.4) is 0 Å². The standard InChI is InChI=1S/C14H23NO6/c1-8(12(18)20-5)11(17)10-6-9(16)7-15(10)13(19)21-14(2,3)4/h9-11,16-17H,1,6-7H2,2-5H3/t9-,10+,11-/m1/s1. The van der Waals surface area contributed by atoms with Crippen LogP contribution in [0.15, 0.2) is 12.2 Å². The van der Waals surface area contributed by atoms with Crippen molar-refractivity contribution < 1.29 is 29.3 Å². The lowest BCUT2D eigenvalue weighted by atomic mass is 10.0. The number of β-amino-alcohol motifs (C(OH)–C–C–N with tert-alkyl or cyclic N) is 1. The number of nitrogens with zero attached hydrogens (tertiary/aromatic N) is 1. The van der Waals surface area contributed by atoms with Gasteiger partial charge in [-0.25, -0.2) is 9.59 Å². The Kier molecular flexibility index (Phi) is 5.36. The number of likely N-dealkylation sites (tertiary alicyclic amines) is 1. The topological polar surface area (TPSA) is 96.3 Å². The summed E-state index contributed by atoms with van der Waals surface area (Å²) in [5.41, 5.74) is -0.857. The number of amides is 1. The van der Waals surface area contributed by atoms with E-state index in [2.05, 4.69) is 11.3 Å². The van der Waals surface area contributed by atoms with Crippen LogP contribution in [0.25, 0.3) is 0 Å². The Morgan fingerprint density at radius 2 is 1.95 bits per heavy atom. The van der Waals surface area contributed by atoms with Gasteiger partial charge in [-0.2, -0.15) is 0 Å². The van der Waals surface area contributed by atoms with Crippen molar-refractivity contribution in [2.24, 2.45) is 0 Å². The van der Waals surface area contributed by atoms with Gasteiger partial charge >= 0.3 is 12.1 Å². The number of aliphatic hydroxyl groups excluding tert-OH is 2. The van der Waals surface area contributed by atoms with Crippen LogP contribution in [0.5, 0.6) is 0 Å². The van der Waals surface area contributed by atoms with Gasteiger partial charge in [-0.05, 0) is 27.2 Å². The van der Waals surface area contributed by atoms with Gasteiger partial charge < -0.3 is 19.7 Å². The number of ether oxygens (including phenoxy) is 2. The van der Waals surface area contributed by atoms with Gasteiger partial charge in [-0.1, -0.05) is 6.58 Å². The molecule has 3 atom stereocenters. The second kappa shape index (κ2) is 6.44. The van der Waals surface area contributed by atoms with E-state index in [4.69, 9.17) is 4.74 Å². The van der Waals surface area contributed by atoms with E-state index >= 15 is 0 Å². The van der Waals surface area contributed by atoms with Gasteiger partial charge in [0.1, 0.15) is 11.7 Å². The number of aliphatic hydroxyl groups is 2. The molecule has 1 rings (SSSR count). The lowest BCUT2D eigenvalue weighted by molar-refractivity contribution is -0.137. The van der Waals surface area contributed by atoms with E-state index in [1.54, 1.807) is 20.8 Å². The molecule has 1 heterocycles. The van der Waals surface area contributed by atoms with E-state index in [1.165, 1.54) is 12.0 Å². The first kappa shape index (κ1) is 17.5. The fourth-order valence-corrected chi connectivity index (χ4v) is 2.16. The summed E-state index contributed by atoms with van der Waals surface area (Å²) in [5.74, 6) is -0.756. The van der Waals surface area contributed by atoms with Gasteiger partial charge in [-0.15, -0.1) is 0 Å². The van der Waals surface area contributed by atoms with Crippen molar-refractivity contribution in [3.05, 3.63) is 12.2 Å². The molecule has 1 fully saturated rings. The van der Waals surface area contributed by atoms with Gasteiger partial charge in [-0.3, -0.25) is 4.90 Å². The molecule has 0 radical (unpaired) electrons. The maximum atomic E-state index is 12.1. The average molecular weight is 301 g/mol. The number of carbonyl (C=O) groups is 2. The summed E-state index contributed by atoms with van der Waals surface area (Å²) in [7, 11) is 1.18. The fourth-order valence-electron chi connectivity index (χ4n) is 2.16. The quantitative estimate of drug-likeness (QED) is 0.580. The van der Waals surface area contributed by atoms with Gasteiger partial charge in [0, 0.05) is 0 Å². The number of hydrogen-bond donors (Lipinski definition) is 2. The molecule has 0 saturated carbocycles. The molecule has 0 aromatic carbocycles. The minimum absolute atomic E-state index is 0.0328. The maximum Gasteiger partial charge on any atom is 0.410 e. The number of methoxy groups -OCH3 is 1. The van der Waals surface area contributed by atoms with Crippen LogP contribution in [-0.2, 0) is 14.3 Å². The van der Waals surface area contributed by atoms with Crippen LogP contribution in [0.1, 0.15) is 27.2 Å². The highest BCUT2D eigenvalue weighted by Gasteiger charge is 2.42. The third-order valence-corrected chi connectivity index (χ3v) is 3.12. The molecule has 120 valence electrons. The lowest BCUT2D eigenvalue weighted by Crippen LogP contribution is -2.46. The summed E-state index contributed by atoms with van der Waals surface area (Å²) in [4.78, 5) is 24.8. The minimum Gasteiger partial charge on any atom is -0.466 e. The second-order valence-electron chi connectivity index (χ2n) is 6.05. The number of carbonyl (C=O) groups excluding carboxylic acids is 2. The Morgan fingerprint density at radius 3 is 2.43 bits per heavy atom. The van der Waals surface area contributed by atoms with Crippen LogP contribution in [0, 0.1) is 0 Å². The molecule has 1 saturated heterocycles. The summed E-state index contributed by atoms with van der Waals surface area (Å²) in [6.07, 6.45) is -2.62. The highest BCUT2D eigenvalue weighted by atomic mass is 16.6. The van der Waals surface area contributed by atoms with Gasteiger partial charge in [0.15, 0.2) is 0 Å². The molecule has 0 unspecified atom stereocenters. The van der Waals surface area contributed by atoms with E-state index in [0.29, 0.717) is 0 Å². The van der Waals surface area contributed by atoms with Crippen LogP contribution in [-0.4, -0.2) is 64.7 Å². The van der Waals surface area contributed by atoms with Crippen molar-refractivity contribution in [1.82, 2.24) is 4.90 Å². The normalized spacial score (nSPS) is 23.6. The first-order valence-corrected chi connectivity index (χ1v) is 6.69. The molecule has 7 nitrogen and oxygen atoms in total. The SMILES string of the molecule is C=C(C(=O)OC)[C@@H](O)[C@@H]1C[C@@H](O)CN1C(=O)OC(C)(C)C. The van der Waals surface area contributed by atoms with Crippen molar-refractivity contribution in [2.45, 2.75) is 51.0 Å². The summed E-state index contributed by atoms with van der Waals surface area (Å²) < 4.78 is 9.74. The molecule has 1 aliphatic rings. The largest absolute Gasteiger partial charge is 0.466 e. The Labute approximate surface area is 124 Å². The summed E-state index contributed by atoms with van der Waals surface area (Å²) in [5, 5.41) is 19.9. The summed E-state index contributed by atoms with van der Waals surface area (Å²) in [6.45, 7) is 8.67. The molecule has 0 spiro atoms. The molecule has 0 aliphatic carbocycles. The number of esters is 1. The van der Waals surface area contributed by atoms with E-state index in [1.807, 2.05) is 0 Å². The van der Waals surface area contributed by atoms with Crippen LogP contribution >= 0.6 is 0 Å². The van der Waals surface area contributed by atoms with Crippen molar-refractivity contribution in [1.29, 1.82) is 0 Å². The van der Waals surface area contributed by atoms with Crippen LogP contribution < -0.4 is 0 Å². The van der Waals surface area contributed by atoms with Crippen molar-refractivity contribution in [3.8, 4) is 0 Å². The highest BCUT2D eigenvalue weighted by molar-refractivity contribution is 5.89. The van der Waals surface area contributed by atoms with E-state index in [-0.39, 0.29) is 18.5 Å². The molecule has 0 aromatic rings. The lowest BCUT2D eigenvalue weighted by Gasteiger charge is -2.30. The zero-order valence-electron chi connectivity index (χ0n) is 12.8. The number of rotatable bonds is 3. The zero-order valence-corrected chi connectivity index (χ0v) is 12.8. The van der Waals surface area contributed by atoms with Gasteiger partial charge in [0.2, 0.25) is 0 Å². The molecular weight excluding hydrogens is 278 g/mol. The molecule has 21 heavy (non-hydrogen) atoms. The predicted octanol–water partition coefficient (Wildman–Crippen LogP) is 0.447. The van der Waals surface area contributed by atoms with E-state index in [0.717, 1.165) is 0 Å². The van der Waals surface area contributed by atoms with Crippen molar-refractivity contribution in [2.75, 3.05) is 13.7 Å².